The van der Waals surface area contributed by atoms with Gasteiger partial charge in [-0.25, -0.2) is 0 Å². The first-order valence-electron chi connectivity index (χ1n) is 8.76. The summed E-state index contributed by atoms with van der Waals surface area (Å²) in [5, 5.41) is 12.8. The number of phenolic OH excluding ortho intramolecular Hbond substituents is 1. The molecule has 4 heteroatoms. The Labute approximate surface area is 144 Å². The van der Waals surface area contributed by atoms with Crippen LogP contribution >= 0.6 is 0 Å². The smallest absolute Gasteiger partial charge is 0.224 e. The van der Waals surface area contributed by atoms with E-state index in [1.807, 2.05) is 0 Å². The van der Waals surface area contributed by atoms with E-state index >= 15 is 0 Å². The average Bonchev–Trinajstić information content (AvgIpc) is 2.56. The monoisotopic (exact) mass is 331 g/mol. The minimum atomic E-state index is 0.0375. The van der Waals surface area contributed by atoms with Gasteiger partial charge in [0.2, 0.25) is 5.91 Å². The number of nitrogens with one attached hydrogen (secondary N) is 1. The van der Waals surface area contributed by atoms with E-state index in [0.29, 0.717) is 18.2 Å². The Morgan fingerprint density at radius 1 is 1.29 bits per heavy atom. The normalized spacial score (nSPS) is 20.3. The molecule has 0 saturated heterocycles. The Hall–Kier alpha value is -1.97. The van der Waals surface area contributed by atoms with Crippen molar-refractivity contribution in [3.63, 3.8) is 0 Å². The lowest BCUT2D eigenvalue weighted by Crippen LogP contribution is -2.38. The second-order valence-electron chi connectivity index (χ2n) is 6.99. The third kappa shape index (κ3) is 5.59. The second-order valence-corrected chi connectivity index (χ2v) is 6.99. The van der Waals surface area contributed by atoms with Gasteiger partial charge in [0.1, 0.15) is 0 Å². The number of aromatic hydroxyl groups is 1. The zero-order valence-corrected chi connectivity index (χ0v) is 15.0. The lowest BCUT2D eigenvalue weighted by Gasteiger charge is -2.28. The van der Waals surface area contributed by atoms with E-state index in [0.717, 1.165) is 30.7 Å². The van der Waals surface area contributed by atoms with Gasteiger partial charge in [-0.1, -0.05) is 17.7 Å². The molecule has 1 aromatic carbocycles. The van der Waals surface area contributed by atoms with E-state index in [1.165, 1.54) is 25.5 Å². The van der Waals surface area contributed by atoms with Crippen molar-refractivity contribution < 1.29 is 14.6 Å². The molecule has 24 heavy (non-hydrogen) atoms. The summed E-state index contributed by atoms with van der Waals surface area (Å²) < 4.78 is 5.08. The molecule has 0 radical (unpaired) electrons. The standard InChI is InChI=1S/C20H29NO3/c1-14(2)4-5-15-6-9-17(10-7-15)21-20(23)13-16-8-11-18(22)19(12-16)24-3/h4,8,11-12,15,17,22H,5-7,9-10,13H2,1-3H3,(H,21,23)/t15-,17-. The van der Waals surface area contributed by atoms with Gasteiger partial charge in [0.15, 0.2) is 11.5 Å². The molecule has 0 bridgehead atoms. The van der Waals surface area contributed by atoms with Gasteiger partial charge in [0.25, 0.3) is 0 Å². The number of hydrogen-bond donors (Lipinski definition) is 2. The van der Waals surface area contributed by atoms with Gasteiger partial charge in [0.05, 0.1) is 13.5 Å². The first-order chi connectivity index (χ1) is 11.5. The minimum absolute atomic E-state index is 0.0375. The van der Waals surface area contributed by atoms with Gasteiger partial charge < -0.3 is 15.2 Å². The molecule has 132 valence electrons. The van der Waals surface area contributed by atoms with Crippen molar-refractivity contribution >= 4 is 5.91 Å². The Bertz CT molecular complexity index is 583. The average molecular weight is 331 g/mol. The second kappa shape index (κ2) is 8.76. The summed E-state index contributed by atoms with van der Waals surface area (Å²) in [6.07, 6.45) is 8.29. The van der Waals surface area contributed by atoms with Crippen molar-refractivity contribution in [1.82, 2.24) is 5.32 Å². The number of phenols is 1. The quantitative estimate of drug-likeness (QED) is 0.775. The van der Waals surface area contributed by atoms with Gasteiger partial charge in [0, 0.05) is 6.04 Å². The lowest BCUT2D eigenvalue weighted by atomic mass is 9.83. The highest BCUT2D eigenvalue weighted by atomic mass is 16.5. The predicted molar refractivity (Wildman–Crippen MR) is 96.3 cm³/mol. The molecule has 0 atom stereocenters. The number of benzene rings is 1. The Morgan fingerprint density at radius 2 is 2.00 bits per heavy atom. The molecule has 1 aliphatic rings. The van der Waals surface area contributed by atoms with E-state index < -0.39 is 0 Å². The Morgan fingerprint density at radius 3 is 2.62 bits per heavy atom. The zero-order valence-electron chi connectivity index (χ0n) is 15.0. The summed E-state index contributed by atoms with van der Waals surface area (Å²) in [4.78, 5) is 12.2. The molecule has 1 aromatic rings. The van der Waals surface area contributed by atoms with Crippen LogP contribution in [0.3, 0.4) is 0 Å². The molecule has 2 rings (SSSR count). The fourth-order valence-corrected chi connectivity index (χ4v) is 3.24. The highest BCUT2D eigenvalue weighted by Crippen LogP contribution is 2.28. The highest BCUT2D eigenvalue weighted by Gasteiger charge is 2.21. The third-order valence-electron chi connectivity index (χ3n) is 4.68. The minimum Gasteiger partial charge on any atom is -0.504 e. The maximum absolute atomic E-state index is 12.2. The largest absolute Gasteiger partial charge is 0.504 e. The van der Waals surface area contributed by atoms with E-state index in [2.05, 4.69) is 25.2 Å². The van der Waals surface area contributed by atoms with Crippen LogP contribution in [0.15, 0.2) is 29.8 Å². The SMILES string of the molecule is COc1cc(CC(=O)N[C@H]2CC[C@H](CC=C(C)C)CC2)ccc1O. The van der Waals surface area contributed by atoms with Gasteiger partial charge in [-0.05, 0) is 69.6 Å². The van der Waals surface area contributed by atoms with Crippen molar-refractivity contribution in [3.05, 3.63) is 35.4 Å². The van der Waals surface area contributed by atoms with Crippen LogP contribution in [0.5, 0.6) is 11.5 Å². The molecule has 1 fully saturated rings. The van der Waals surface area contributed by atoms with Crippen LogP contribution < -0.4 is 10.1 Å². The Kier molecular flexibility index (Phi) is 6.71. The fraction of sp³-hybridized carbons (Fsp3) is 0.550. The van der Waals surface area contributed by atoms with Gasteiger partial charge in [-0.3, -0.25) is 4.79 Å². The molecule has 1 amide bonds. The van der Waals surface area contributed by atoms with Crippen LogP contribution in [0.2, 0.25) is 0 Å². The molecular weight excluding hydrogens is 302 g/mol. The number of ether oxygens (including phenoxy) is 1. The molecule has 4 nitrogen and oxygen atoms in total. The number of carbonyl (C=O) groups excluding carboxylic acids is 1. The number of rotatable bonds is 6. The predicted octanol–water partition coefficient (Wildman–Crippen LogP) is 3.97. The number of methoxy groups -OCH3 is 1. The van der Waals surface area contributed by atoms with Crippen LogP contribution in [-0.4, -0.2) is 24.2 Å². The molecule has 1 saturated carbocycles. The zero-order chi connectivity index (χ0) is 17.5. The van der Waals surface area contributed by atoms with Crippen LogP contribution in [0.25, 0.3) is 0 Å². The molecule has 1 aliphatic carbocycles. The molecular formula is C20H29NO3. The summed E-state index contributed by atoms with van der Waals surface area (Å²) in [5.41, 5.74) is 2.23. The first kappa shape index (κ1) is 18.4. The summed E-state index contributed by atoms with van der Waals surface area (Å²) in [7, 11) is 1.51. The van der Waals surface area contributed by atoms with E-state index in [-0.39, 0.29) is 11.7 Å². The number of amides is 1. The van der Waals surface area contributed by atoms with Crippen molar-refractivity contribution in [2.75, 3.05) is 7.11 Å². The fourth-order valence-electron chi connectivity index (χ4n) is 3.24. The molecule has 0 spiro atoms. The number of carbonyl (C=O) groups is 1. The van der Waals surface area contributed by atoms with Crippen molar-refractivity contribution in [2.24, 2.45) is 5.92 Å². The number of hydrogen-bond acceptors (Lipinski definition) is 3. The van der Waals surface area contributed by atoms with E-state index in [4.69, 9.17) is 4.74 Å². The van der Waals surface area contributed by atoms with Gasteiger partial charge in [-0.2, -0.15) is 0 Å². The summed E-state index contributed by atoms with van der Waals surface area (Å²) >= 11 is 0. The van der Waals surface area contributed by atoms with Gasteiger partial charge in [-0.15, -0.1) is 0 Å². The molecule has 0 aromatic heterocycles. The summed E-state index contributed by atoms with van der Waals surface area (Å²) in [6, 6.07) is 5.33. The Balaban J connectivity index is 1.78. The molecule has 0 heterocycles. The van der Waals surface area contributed by atoms with Crippen LogP contribution in [-0.2, 0) is 11.2 Å². The van der Waals surface area contributed by atoms with Crippen molar-refractivity contribution in [2.45, 2.75) is 58.4 Å². The molecule has 0 unspecified atom stereocenters. The van der Waals surface area contributed by atoms with Gasteiger partial charge >= 0.3 is 0 Å². The van der Waals surface area contributed by atoms with E-state index in [9.17, 15) is 9.90 Å². The highest BCUT2D eigenvalue weighted by molar-refractivity contribution is 5.79. The maximum atomic E-state index is 12.2. The molecule has 2 N–H and O–H groups in total. The summed E-state index contributed by atoms with van der Waals surface area (Å²) in [5.74, 6) is 1.29. The van der Waals surface area contributed by atoms with Crippen LogP contribution in [0, 0.1) is 5.92 Å². The number of allylic oxidation sites excluding steroid dienone is 2. The first-order valence-corrected chi connectivity index (χ1v) is 8.76. The summed E-state index contributed by atoms with van der Waals surface area (Å²) in [6.45, 7) is 4.29. The van der Waals surface area contributed by atoms with Crippen molar-refractivity contribution in [3.8, 4) is 11.5 Å². The molecule has 0 aliphatic heterocycles. The van der Waals surface area contributed by atoms with Crippen LogP contribution in [0.4, 0.5) is 0 Å². The van der Waals surface area contributed by atoms with Crippen molar-refractivity contribution in [1.29, 1.82) is 0 Å². The topological polar surface area (TPSA) is 58.6 Å². The lowest BCUT2D eigenvalue weighted by molar-refractivity contribution is -0.121. The van der Waals surface area contributed by atoms with Crippen LogP contribution in [0.1, 0.15) is 51.5 Å². The maximum Gasteiger partial charge on any atom is 0.224 e. The third-order valence-corrected chi connectivity index (χ3v) is 4.68. The van der Waals surface area contributed by atoms with E-state index in [1.54, 1.807) is 18.2 Å².